The SMILES string of the molecule is CCN1C(=O)C2COCCC2(C)c2cc(-c3cc(NCc4ccnc(C(F)(F)F)c4F)ccc3C)cnc21. The fraction of sp³-hybridized carbons (Fsp3) is 0.393. The van der Waals surface area contributed by atoms with Crippen molar-refractivity contribution in [2.24, 2.45) is 5.92 Å². The van der Waals surface area contributed by atoms with Crippen molar-refractivity contribution in [2.75, 3.05) is 30.0 Å². The first-order valence-electron chi connectivity index (χ1n) is 12.5. The number of rotatable bonds is 5. The van der Waals surface area contributed by atoms with Crippen LogP contribution in [-0.2, 0) is 27.7 Å². The Hall–Kier alpha value is -3.53. The van der Waals surface area contributed by atoms with Crippen molar-refractivity contribution in [3.8, 4) is 11.1 Å². The number of fused-ring (bicyclic) bond motifs is 3. The van der Waals surface area contributed by atoms with Gasteiger partial charge in [0.2, 0.25) is 5.91 Å². The molecule has 0 aliphatic carbocycles. The summed E-state index contributed by atoms with van der Waals surface area (Å²) in [5.74, 6) is -0.969. The van der Waals surface area contributed by atoms with Crippen molar-refractivity contribution >= 4 is 17.4 Å². The molecule has 1 fully saturated rings. The molecule has 10 heteroatoms. The highest BCUT2D eigenvalue weighted by Gasteiger charge is 2.50. The van der Waals surface area contributed by atoms with Gasteiger partial charge in [0.15, 0.2) is 11.5 Å². The zero-order valence-corrected chi connectivity index (χ0v) is 21.3. The molecule has 2 aliphatic rings. The summed E-state index contributed by atoms with van der Waals surface area (Å²) in [6.07, 6.45) is -1.47. The number of alkyl halides is 3. The van der Waals surface area contributed by atoms with E-state index in [1.54, 1.807) is 17.2 Å². The van der Waals surface area contributed by atoms with E-state index in [9.17, 15) is 22.4 Å². The van der Waals surface area contributed by atoms with Crippen LogP contribution < -0.4 is 10.2 Å². The molecule has 3 aromatic rings. The van der Waals surface area contributed by atoms with Crippen LogP contribution in [0.3, 0.4) is 0 Å². The molecular formula is C28H28F4N4O2. The molecule has 0 spiro atoms. The average Bonchev–Trinajstić information content (AvgIpc) is 2.88. The number of aromatic nitrogens is 2. The van der Waals surface area contributed by atoms with Crippen LogP contribution in [-0.4, -0.2) is 35.6 Å². The maximum atomic E-state index is 14.4. The number of halogens is 4. The second kappa shape index (κ2) is 9.65. The predicted octanol–water partition coefficient (Wildman–Crippen LogP) is 5.88. The van der Waals surface area contributed by atoms with Gasteiger partial charge in [0.1, 0.15) is 5.82 Å². The van der Waals surface area contributed by atoms with Crippen molar-refractivity contribution in [1.29, 1.82) is 0 Å². The lowest BCUT2D eigenvalue weighted by atomic mass is 9.66. The number of carbonyl (C=O) groups excluding carboxylic acids is 1. The number of ether oxygens (including phenoxy) is 1. The predicted molar refractivity (Wildman–Crippen MR) is 135 cm³/mol. The molecule has 0 saturated carbocycles. The van der Waals surface area contributed by atoms with E-state index in [-0.39, 0.29) is 23.9 Å². The smallest absolute Gasteiger partial charge is 0.381 e. The van der Waals surface area contributed by atoms with Crippen LogP contribution in [0.2, 0.25) is 0 Å². The fourth-order valence-corrected chi connectivity index (χ4v) is 5.41. The number of nitrogens with one attached hydrogen (secondary N) is 1. The van der Waals surface area contributed by atoms with Crippen molar-refractivity contribution in [2.45, 2.75) is 45.3 Å². The highest BCUT2D eigenvalue weighted by molar-refractivity contribution is 5.99. The Labute approximate surface area is 218 Å². The van der Waals surface area contributed by atoms with E-state index in [2.05, 4.69) is 23.3 Å². The Morgan fingerprint density at radius 1 is 1.21 bits per heavy atom. The maximum absolute atomic E-state index is 14.4. The van der Waals surface area contributed by atoms with Crippen molar-refractivity contribution in [3.05, 3.63) is 70.9 Å². The third kappa shape index (κ3) is 4.40. The molecule has 38 heavy (non-hydrogen) atoms. The van der Waals surface area contributed by atoms with Crippen molar-refractivity contribution in [3.63, 3.8) is 0 Å². The van der Waals surface area contributed by atoms with E-state index >= 15 is 0 Å². The van der Waals surface area contributed by atoms with E-state index in [1.165, 1.54) is 6.07 Å². The Morgan fingerprint density at radius 2 is 2.00 bits per heavy atom. The standard InChI is InChI=1S/C28H28F4N4O2/c1-4-36-25-21(27(3)8-10-38-15-22(27)26(36)37)11-18(14-35-25)20-12-19(6-5-16(20)2)34-13-17-7-9-33-24(23(17)29)28(30,31)32/h5-7,9,11-12,14,22,34H,4,8,10,13,15H2,1-3H3. The van der Waals surface area contributed by atoms with Crippen LogP contribution in [0, 0.1) is 18.7 Å². The maximum Gasteiger partial charge on any atom is 0.436 e. The van der Waals surface area contributed by atoms with Crippen LogP contribution in [0.4, 0.5) is 29.1 Å². The fourth-order valence-electron chi connectivity index (χ4n) is 5.41. The molecule has 1 aromatic carbocycles. The van der Waals surface area contributed by atoms with Crippen molar-refractivity contribution < 1.29 is 27.1 Å². The van der Waals surface area contributed by atoms with Gasteiger partial charge in [-0.25, -0.2) is 14.4 Å². The number of aryl methyl sites for hydroxylation is 1. The molecule has 2 aromatic heterocycles. The monoisotopic (exact) mass is 528 g/mol. The Balaban J connectivity index is 1.48. The van der Waals surface area contributed by atoms with Gasteiger partial charge in [0.05, 0.1) is 12.5 Å². The minimum absolute atomic E-state index is 0.0295. The first-order chi connectivity index (χ1) is 18.0. The molecule has 1 amide bonds. The zero-order chi connectivity index (χ0) is 27.2. The number of nitrogens with zero attached hydrogens (tertiary/aromatic N) is 3. The Morgan fingerprint density at radius 3 is 2.74 bits per heavy atom. The molecule has 0 bridgehead atoms. The molecule has 5 rings (SSSR count). The minimum atomic E-state index is -4.87. The van der Waals surface area contributed by atoms with Gasteiger partial charge in [0.25, 0.3) is 0 Å². The third-order valence-corrected chi connectivity index (χ3v) is 7.71. The van der Waals surface area contributed by atoms with Gasteiger partial charge in [-0.15, -0.1) is 0 Å². The van der Waals surface area contributed by atoms with Gasteiger partial charge in [-0.05, 0) is 55.7 Å². The number of pyridine rings is 2. The van der Waals surface area contributed by atoms with E-state index in [0.29, 0.717) is 37.7 Å². The summed E-state index contributed by atoms with van der Waals surface area (Å²) < 4.78 is 59.2. The number of anilines is 2. The third-order valence-electron chi connectivity index (χ3n) is 7.71. The molecule has 2 atom stereocenters. The molecule has 2 unspecified atom stereocenters. The summed E-state index contributed by atoms with van der Waals surface area (Å²) in [4.78, 5) is 22.8. The molecule has 6 nitrogen and oxygen atoms in total. The lowest BCUT2D eigenvalue weighted by Crippen LogP contribution is -2.55. The molecule has 1 saturated heterocycles. The summed E-state index contributed by atoms with van der Waals surface area (Å²) in [5, 5.41) is 3.03. The summed E-state index contributed by atoms with van der Waals surface area (Å²) in [6, 6.07) is 8.87. The van der Waals surface area contributed by atoms with E-state index in [0.717, 1.165) is 28.5 Å². The van der Waals surface area contributed by atoms with E-state index in [1.807, 2.05) is 26.0 Å². The second-order valence-corrected chi connectivity index (χ2v) is 9.99. The van der Waals surface area contributed by atoms with Crippen LogP contribution in [0.15, 0.2) is 42.7 Å². The summed E-state index contributed by atoms with van der Waals surface area (Å²) in [5.41, 5.74) is 2.26. The lowest BCUT2D eigenvalue weighted by Gasteiger charge is -2.47. The first kappa shape index (κ1) is 26.1. The average molecular weight is 529 g/mol. The van der Waals surface area contributed by atoms with Gasteiger partial charge in [-0.2, -0.15) is 13.2 Å². The highest BCUT2D eigenvalue weighted by atomic mass is 19.4. The molecular weight excluding hydrogens is 500 g/mol. The first-order valence-corrected chi connectivity index (χ1v) is 12.5. The van der Waals surface area contributed by atoms with Crippen LogP contribution in [0.1, 0.15) is 42.7 Å². The van der Waals surface area contributed by atoms with Crippen molar-refractivity contribution in [1.82, 2.24) is 9.97 Å². The quantitative estimate of drug-likeness (QED) is 0.419. The zero-order valence-electron chi connectivity index (χ0n) is 21.3. The highest BCUT2D eigenvalue weighted by Crippen LogP contribution is 2.48. The largest absolute Gasteiger partial charge is 0.436 e. The van der Waals surface area contributed by atoms with Crippen LogP contribution in [0.25, 0.3) is 11.1 Å². The van der Waals surface area contributed by atoms with E-state index in [4.69, 9.17) is 9.72 Å². The lowest BCUT2D eigenvalue weighted by molar-refractivity contribution is -0.143. The number of hydrogen-bond acceptors (Lipinski definition) is 5. The summed E-state index contributed by atoms with van der Waals surface area (Å²) >= 11 is 0. The number of benzene rings is 1. The Bertz CT molecular complexity index is 1390. The Kier molecular flexibility index (Phi) is 6.63. The summed E-state index contributed by atoms with van der Waals surface area (Å²) in [7, 11) is 0. The van der Waals surface area contributed by atoms with Gasteiger partial charge in [-0.1, -0.05) is 13.0 Å². The summed E-state index contributed by atoms with van der Waals surface area (Å²) in [6.45, 7) is 7.27. The molecule has 2 aliphatic heterocycles. The molecule has 4 heterocycles. The van der Waals surface area contributed by atoms with E-state index < -0.39 is 23.1 Å². The molecule has 200 valence electrons. The van der Waals surface area contributed by atoms with Gasteiger partial charge < -0.3 is 10.1 Å². The topological polar surface area (TPSA) is 67.3 Å². The molecule has 1 N–H and O–H groups in total. The normalized spacial score (nSPS) is 21.2. The van der Waals surface area contributed by atoms with Gasteiger partial charge in [-0.3, -0.25) is 9.69 Å². The van der Waals surface area contributed by atoms with Crippen LogP contribution in [0.5, 0.6) is 0 Å². The number of hydrogen-bond donors (Lipinski definition) is 1. The minimum Gasteiger partial charge on any atom is -0.381 e. The number of carbonyl (C=O) groups is 1. The van der Waals surface area contributed by atoms with Gasteiger partial charge in [0, 0.05) is 59.9 Å². The second-order valence-electron chi connectivity index (χ2n) is 9.99. The number of amides is 1. The van der Waals surface area contributed by atoms with Gasteiger partial charge >= 0.3 is 6.18 Å². The van der Waals surface area contributed by atoms with Crippen LogP contribution >= 0.6 is 0 Å². The molecule has 0 radical (unpaired) electrons.